The minimum absolute atomic E-state index is 0. The first kappa shape index (κ1) is 11.7. The second-order valence-corrected chi connectivity index (χ2v) is 2.51. The van der Waals surface area contributed by atoms with E-state index in [1.165, 1.54) is 7.11 Å². The number of methoxy groups -OCH3 is 1. The van der Waals surface area contributed by atoms with Crippen molar-refractivity contribution in [2.45, 2.75) is 12.5 Å². The number of nitrogens with one attached hydrogen (secondary N) is 1. The van der Waals surface area contributed by atoms with Crippen LogP contribution in [0.4, 0.5) is 0 Å². The fraction of sp³-hybridized carbons (Fsp3) is 0.857. The molecule has 72 valence electrons. The van der Waals surface area contributed by atoms with Crippen LogP contribution in [0.25, 0.3) is 0 Å². The van der Waals surface area contributed by atoms with Crippen LogP contribution in [0.2, 0.25) is 0 Å². The van der Waals surface area contributed by atoms with E-state index in [0.29, 0.717) is 13.0 Å². The van der Waals surface area contributed by atoms with Gasteiger partial charge < -0.3 is 14.8 Å². The minimum atomic E-state index is -0.187. The lowest BCUT2D eigenvalue weighted by Gasteiger charge is -2.22. The van der Waals surface area contributed by atoms with Crippen molar-refractivity contribution in [3.8, 4) is 0 Å². The maximum absolute atomic E-state index is 10.8. The van der Waals surface area contributed by atoms with Crippen LogP contribution in [0, 0.1) is 0 Å². The minimum Gasteiger partial charge on any atom is -0.469 e. The number of hydrogen-bond donors (Lipinski definition) is 1. The Hall–Kier alpha value is -0.320. The Balaban J connectivity index is 0.00000121. The highest BCUT2D eigenvalue weighted by atomic mass is 35.5. The lowest BCUT2D eigenvalue weighted by atomic mass is 10.2. The van der Waals surface area contributed by atoms with Gasteiger partial charge >= 0.3 is 5.97 Å². The Kier molecular flexibility index (Phi) is 6.06. The van der Waals surface area contributed by atoms with Gasteiger partial charge in [-0.1, -0.05) is 0 Å². The van der Waals surface area contributed by atoms with E-state index in [-0.39, 0.29) is 24.4 Å². The van der Waals surface area contributed by atoms with Gasteiger partial charge in [-0.05, 0) is 0 Å². The van der Waals surface area contributed by atoms with Crippen LogP contribution in [0.5, 0.6) is 0 Å². The summed E-state index contributed by atoms with van der Waals surface area (Å²) in [5, 5.41) is 3.16. The lowest BCUT2D eigenvalue weighted by Crippen LogP contribution is -2.42. The first-order valence-electron chi connectivity index (χ1n) is 3.71. The maximum atomic E-state index is 10.8. The quantitative estimate of drug-likeness (QED) is 0.629. The molecule has 1 atom stereocenters. The molecular weight excluding hydrogens is 182 g/mol. The van der Waals surface area contributed by atoms with Crippen molar-refractivity contribution in [2.24, 2.45) is 0 Å². The summed E-state index contributed by atoms with van der Waals surface area (Å²) in [5.74, 6) is -0.187. The van der Waals surface area contributed by atoms with Gasteiger partial charge in [-0.15, -0.1) is 12.4 Å². The average Bonchev–Trinajstić information content (AvgIpc) is 2.06. The zero-order valence-electron chi connectivity index (χ0n) is 7.04. The zero-order chi connectivity index (χ0) is 8.10. The van der Waals surface area contributed by atoms with Crippen LogP contribution in [-0.4, -0.2) is 38.9 Å². The molecule has 0 amide bonds. The molecule has 12 heavy (non-hydrogen) atoms. The number of halogens is 1. The molecule has 1 fully saturated rings. The molecule has 1 unspecified atom stereocenters. The molecule has 0 radical (unpaired) electrons. The molecule has 1 aliphatic heterocycles. The van der Waals surface area contributed by atoms with Crippen molar-refractivity contribution in [1.29, 1.82) is 0 Å². The summed E-state index contributed by atoms with van der Waals surface area (Å²) in [5.41, 5.74) is 0. The third kappa shape index (κ3) is 3.90. The van der Waals surface area contributed by atoms with Crippen LogP contribution in [0.15, 0.2) is 0 Å². The van der Waals surface area contributed by atoms with E-state index < -0.39 is 0 Å². The van der Waals surface area contributed by atoms with Gasteiger partial charge in [-0.2, -0.15) is 0 Å². The molecule has 0 saturated carbocycles. The summed E-state index contributed by atoms with van der Waals surface area (Å²) in [6.45, 7) is 2.16. The fourth-order valence-corrected chi connectivity index (χ4v) is 1.04. The van der Waals surface area contributed by atoms with Crippen molar-refractivity contribution in [3.05, 3.63) is 0 Å². The molecule has 0 aromatic rings. The predicted octanol–water partition coefficient (Wildman–Crippen LogP) is -0.0403. The van der Waals surface area contributed by atoms with Gasteiger partial charge in [0, 0.05) is 12.6 Å². The predicted molar refractivity (Wildman–Crippen MR) is 46.5 cm³/mol. The molecule has 1 rings (SSSR count). The average molecular weight is 196 g/mol. The topological polar surface area (TPSA) is 47.6 Å². The number of rotatable bonds is 2. The summed E-state index contributed by atoms with van der Waals surface area (Å²) in [7, 11) is 1.39. The van der Waals surface area contributed by atoms with Crippen LogP contribution in [-0.2, 0) is 14.3 Å². The molecule has 1 heterocycles. The third-order valence-corrected chi connectivity index (χ3v) is 1.64. The molecule has 5 heteroatoms. The number of ether oxygens (including phenoxy) is 2. The molecule has 0 spiro atoms. The van der Waals surface area contributed by atoms with Gasteiger partial charge in [-0.25, -0.2) is 0 Å². The summed E-state index contributed by atoms with van der Waals surface area (Å²) >= 11 is 0. The number of carbonyl (C=O) groups excluding carboxylic acids is 1. The Morgan fingerprint density at radius 1 is 1.75 bits per heavy atom. The third-order valence-electron chi connectivity index (χ3n) is 1.64. The maximum Gasteiger partial charge on any atom is 0.307 e. The molecular formula is C7H14ClNO3. The Bertz CT molecular complexity index is 137. The highest BCUT2D eigenvalue weighted by Crippen LogP contribution is 1.98. The Morgan fingerprint density at radius 3 is 3.00 bits per heavy atom. The fourth-order valence-electron chi connectivity index (χ4n) is 1.04. The highest BCUT2D eigenvalue weighted by molar-refractivity contribution is 5.85. The molecule has 0 aromatic carbocycles. The van der Waals surface area contributed by atoms with Crippen LogP contribution < -0.4 is 5.32 Å². The van der Waals surface area contributed by atoms with Gasteiger partial charge in [0.25, 0.3) is 0 Å². The summed E-state index contributed by atoms with van der Waals surface area (Å²) in [6.07, 6.45) is 0.399. The van der Waals surface area contributed by atoms with E-state index in [9.17, 15) is 4.79 Å². The zero-order valence-corrected chi connectivity index (χ0v) is 7.86. The van der Waals surface area contributed by atoms with E-state index in [0.717, 1.165) is 13.2 Å². The largest absolute Gasteiger partial charge is 0.469 e. The second kappa shape index (κ2) is 6.22. The lowest BCUT2D eigenvalue weighted by molar-refractivity contribution is -0.141. The first-order chi connectivity index (χ1) is 5.33. The van der Waals surface area contributed by atoms with Crippen molar-refractivity contribution >= 4 is 18.4 Å². The molecule has 0 aromatic heterocycles. The molecule has 1 saturated heterocycles. The Labute approximate surface area is 78.0 Å². The molecule has 4 nitrogen and oxygen atoms in total. The van der Waals surface area contributed by atoms with Crippen LogP contribution in [0.3, 0.4) is 0 Å². The van der Waals surface area contributed by atoms with Gasteiger partial charge in [0.05, 0.1) is 26.7 Å². The van der Waals surface area contributed by atoms with Crippen molar-refractivity contribution in [2.75, 3.05) is 26.9 Å². The van der Waals surface area contributed by atoms with Crippen molar-refractivity contribution in [3.63, 3.8) is 0 Å². The van der Waals surface area contributed by atoms with Gasteiger partial charge in [-0.3, -0.25) is 4.79 Å². The van der Waals surface area contributed by atoms with Gasteiger partial charge in [0.1, 0.15) is 0 Å². The SMILES string of the molecule is COC(=O)CC1COCCN1.Cl. The van der Waals surface area contributed by atoms with E-state index in [1.807, 2.05) is 0 Å². The molecule has 0 aliphatic carbocycles. The van der Waals surface area contributed by atoms with E-state index >= 15 is 0 Å². The van der Waals surface area contributed by atoms with Crippen LogP contribution in [0.1, 0.15) is 6.42 Å². The first-order valence-corrected chi connectivity index (χ1v) is 3.71. The van der Waals surface area contributed by atoms with Crippen molar-refractivity contribution < 1.29 is 14.3 Å². The van der Waals surface area contributed by atoms with E-state index in [1.54, 1.807) is 0 Å². The summed E-state index contributed by atoms with van der Waals surface area (Å²) < 4.78 is 9.68. The van der Waals surface area contributed by atoms with Gasteiger partial charge in [0.15, 0.2) is 0 Å². The van der Waals surface area contributed by atoms with E-state index in [4.69, 9.17) is 4.74 Å². The normalized spacial score (nSPS) is 22.6. The molecule has 1 N–H and O–H groups in total. The number of morpholine rings is 1. The summed E-state index contributed by atoms with van der Waals surface area (Å²) in [4.78, 5) is 10.8. The Morgan fingerprint density at radius 2 is 2.50 bits per heavy atom. The summed E-state index contributed by atoms with van der Waals surface area (Å²) in [6, 6.07) is 0.135. The monoisotopic (exact) mass is 195 g/mol. The standard InChI is InChI=1S/C7H13NO3.ClH/c1-10-7(9)4-6-5-11-3-2-8-6;/h6,8H,2-5H2,1H3;1H. The molecule has 1 aliphatic rings. The second-order valence-electron chi connectivity index (χ2n) is 2.51. The smallest absolute Gasteiger partial charge is 0.307 e. The highest BCUT2D eigenvalue weighted by Gasteiger charge is 2.16. The van der Waals surface area contributed by atoms with E-state index in [2.05, 4.69) is 10.1 Å². The number of hydrogen-bond acceptors (Lipinski definition) is 4. The van der Waals surface area contributed by atoms with Gasteiger partial charge in [0.2, 0.25) is 0 Å². The number of esters is 1. The van der Waals surface area contributed by atoms with Crippen LogP contribution >= 0.6 is 12.4 Å². The molecule has 0 bridgehead atoms. The number of carbonyl (C=O) groups is 1. The van der Waals surface area contributed by atoms with Crippen molar-refractivity contribution in [1.82, 2.24) is 5.32 Å².